The van der Waals surface area contributed by atoms with E-state index in [0.717, 1.165) is 27.5 Å². The van der Waals surface area contributed by atoms with Gasteiger partial charge in [-0.25, -0.2) is 15.0 Å². The second-order valence-corrected chi connectivity index (χ2v) is 12.9. The van der Waals surface area contributed by atoms with Gasteiger partial charge in [-0.3, -0.25) is 0 Å². The van der Waals surface area contributed by atoms with Gasteiger partial charge in [0.1, 0.15) is 0 Å². The maximum absolute atomic E-state index is 5.04. The Kier molecular flexibility index (Phi) is 6.16. The quantitative estimate of drug-likeness (QED) is 0.201. The number of rotatable bonds is 4. The summed E-state index contributed by atoms with van der Waals surface area (Å²) < 4.78 is 0. The van der Waals surface area contributed by atoms with Crippen LogP contribution in [0.2, 0.25) is 0 Å². The topological polar surface area (TPSA) is 38.7 Å². The van der Waals surface area contributed by atoms with Gasteiger partial charge in [0.25, 0.3) is 0 Å². The summed E-state index contributed by atoms with van der Waals surface area (Å²) in [7, 11) is 0. The molecule has 222 valence electrons. The van der Waals surface area contributed by atoms with Crippen LogP contribution < -0.4 is 0 Å². The van der Waals surface area contributed by atoms with Gasteiger partial charge in [-0.15, -0.1) is 0 Å². The lowest BCUT2D eigenvalue weighted by molar-refractivity contribution is 0.660. The predicted octanol–water partition coefficient (Wildman–Crippen LogP) is 11.2. The van der Waals surface area contributed by atoms with Crippen LogP contribution in [0.1, 0.15) is 25.0 Å². The van der Waals surface area contributed by atoms with Crippen LogP contribution >= 0.6 is 0 Å². The van der Waals surface area contributed by atoms with E-state index in [2.05, 4.69) is 166 Å². The van der Waals surface area contributed by atoms with Crippen LogP contribution in [0.25, 0.3) is 78.0 Å². The van der Waals surface area contributed by atoms with Crippen LogP contribution in [0.3, 0.4) is 0 Å². The summed E-state index contributed by atoms with van der Waals surface area (Å²) in [6.45, 7) is 4.65. The van der Waals surface area contributed by atoms with Gasteiger partial charge in [-0.1, -0.05) is 147 Å². The zero-order valence-electron chi connectivity index (χ0n) is 26.3. The van der Waals surface area contributed by atoms with Crippen LogP contribution in [-0.4, -0.2) is 15.0 Å². The van der Waals surface area contributed by atoms with Gasteiger partial charge < -0.3 is 0 Å². The minimum Gasteiger partial charge on any atom is -0.208 e. The van der Waals surface area contributed by atoms with Gasteiger partial charge in [0.05, 0.1) is 0 Å². The van der Waals surface area contributed by atoms with Gasteiger partial charge in [-0.05, 0) is 73.1 Å². The molecule has 3 heteroatoms. The average molecular weight is 602 g/mol. The molecule has 1 heterocycles. The summed E-state index contributed by atoms with van der Waals surface area (Å²) in [6.07, 6.45) is 0. The van der Waals surface area contributed by atoms with Gasteiger partial charge in [0.15, 0.2) is 17.5 Å². The lowest BCUT2D eigenvalue weighted by Gasteiger charge is -2.22. The molecule has 9 rings (SSSR count). The molecule has 8 aromatic rings. The van der Waals surface area contributed by atoms with Crippen molar-refractivity contribution in [3.8, 4) is 56.4 Å². The van der Waals surface area contributed by atoms with Crippen molar-refractivity contribution in [3.05, 3.63) is 163 Å². The summed E-state index contributed by atoms with van der Waals surface area (Å²) in [4.78, 5) is 15.1. The monoisotopic (exact) mass is 601 g/mol. The molecule has 0 fully saturated rings. The number of fused-ring (bicyclic) bond motifs is 5. The molecule has 0 amide bonds. The Morgan fingerprint density at radius 1 is 0.340 bits per heavy atom. The highest BCUT2D eigenvalue weighted by Crippen LogP contribution is 2.49. The van der Waals surface area contributed by atoms with E-state index in [-0.39, 0.29) is 5.41 Å². The molecular weight excluding hydrogens is 571 g/mol. The van der Waals surface area contributed by atoms with Crippen LogP contribution in [0, 0.1) is 0 Å². The maximum atomic E-state index is 5.04. The van der Waals surface area contributed by atoms with Crippen LogP contribution in [0.5, 0.6) is 0 Å². The van der Waals surface area contributed by atoms with E-state index in [1.54, 1.807) is 0 Å². The molecule has 0 N–H and O–H groups in total. The lowest BCUT2D eigenvalue weighted by atomic mass is 9.81. The van der Waals surface area contributed by atoms with E-state index < -0.39 is 0 Å². The van der Waals surface area contributed by atoms with Gasteiger partial charge >= 0.3 is 0 Å². The van der Waals surface area contributed by atoms with Crippen molar-refractivity contribution in [2.75, 3.05) is 0 Å². The molecule has 0 saturated carbocycles. The first kappa shape index (κ1) is 27.4. The zero-order valence-corrected chi connectivity index (χ0v) is 26.3. The highest BCUT2D eigenvalue weighted by Gasteiger charge is 2.35. The smallest absolute Gasteiger partial charge is 0.164 e. The average Bonchev–Trinajstić information content (AvgIpc) is 3.36. The molecular formula is C44H31N3. The van der Waals surface area contributed by atoms with Crippen LogP contribution in [0.4, 0.5) is 0 Å². The van der Waals surface area contributed by atoms with Crippen LogP contribution in [0.15, 0.2) is 152 Å². The normalized spacial score (nSPS) is 13.1. The summed E-state index contributed by atoms with van der Waals surface area (Å²) in [5, 5.41) is 4.69. The van der Waals surface area contributed by atoms with Crippen molar-refractivity contribution in [2.24, 2.45) is 0 Å². The summed E-state index contributed by atoms with van der Waals surface area (Å²) >= 11 is 0. The SMILES string of the molecule is CC1(C)c2ccccc2-c2ccc(-c3ccc(-c4nc(-c5ccc6ccccc6c5)nc(-c5ccc6ccccc6c5)n4)cc3)cc21. The number of aromatic nitrogens is 3. The van der Waals surface area contributed by atoms with E-state index >= 15 is 0 Å². The zero-order chi connectivity index (χ0) is 31.5. The highest BCUT2D eigenvalue weighted by molar-refractivity contribution is 5.88. The first-order valence-electron chi connectivity index (χ1n) is 16.1. The minimum absolute atomic E-state index is 0.0366. The number of benzene rings is 7. The highest BCUT2D eigenvalue weighted by atomic mass is 15.0. The molecule has 3 nitrogen and oxygen atoms in total. The van der Waals surface area contributed by atoms with E-state index in [9.17, 15) is 0 Å². The largest absolute Gasteiger partial charge is 0.208 e. The first-order chi connectivity index (χ1) is 23.0. The van der Waals surface area contributed by atoms with Crippen molar-refractivity contribution in [1.29, 1.82) is 0 Å². The predicted molar refractivity (Wildman–Crippen MR) is 194 cm³/mol. The Labute approximate surface area is 274 Å². The van der Waals surface area contributed by atoms with E-state index in [4.69, 9.17) is 15.0 Å². The number of hydrogen-bond donors (Lipinski definition) is 0. The molecule has 1 aliphatic carbocycles. The fraction of sp³-hybridized carbons (Fsp3) is 0.0682. The maximum Gasteiger partial charge on any atom is 0.164 e. The number of hydrogen-bond acceptors (Lipinski definition) is 3. The molecule has 0 atom stereocenters. The minimum atomic E-state index is -0.0366. The Hall–Kier alpha value is -5.93. The molecule has 1 aliphatic rings. The third-order valence-corrected chi connectivity index (χ3v) is 9.71. The third kappa shape index (κ3) is 4.62. The molecule has 0 unspecified atom stereocenters. The molecule has 47 heavy (non-hydrogen) atoms. The van der Waals surface area contributed by atoms with E-state index in [1.165, 1.54) is 44.2 Å². The van der Waals surface area contributed by atoms with Gasteiger partial charge in [0, 0.05) is 22.1 Å². The molecule has 0 spiro atoms. The molecule has 7 aromatic carbocycles. The Morgan fingerprint density at radius 2 is 0.787 bits per heavy atom. The molecule has 0 aliphatic heterocycles. The first-order valence-corrected chi connectivity index (χ1v) is 16.1. The lowest BCUT2D eigenvalue weighted by Crippen LogP contribution is -2.14. The van der Waals surface area contributed by atoms with E-state index in [1.807, 2.05) is 0 Å². The van der Waals surface area contributed by atoms with E-state index in [0.29, 0.717) is 17.5 Å². The second kappa shape index (κ2) is 10.6. The van der Waals surface area contributed by atoms with Crippen LogP contribution in [-0.2, 0) is 5.41 Å². The summed E-state index contributed by atoms with van der Waals surface area (Å²) in [6, 6.07) is 53.8. The third-order valence-electron chi connectivity index (χ3n) is 9.71. The second-order valence-electron chi connectivity index (χ2n) is 12.9. The van der Waals surface area contributed by atoms with Gasteiger partial charge in [-0.2, -0.15) is 0 Å². The molecule has 1 aromatic heterocycles. The fourth-order valence-corrected chi connectivity index (χ4v) is 7.12. The van der Waals surface area contributed by atoms with Crippen molar-refractivity contribution in [2.45, 2.75) is 19.3 Å². The van der Waals surface area contributed by atoms with Crippen molar-refractivity contribution >= 4 is 21.5 Å². The molecule has 0 bridgehead atoms. The van der Waals surface area contributed by atoms with Gasteiger partial charge in [0.2, 0.25) is 0 Å². The molecule has 0 saturated heterocycles. The van der Waals surface area contributed by atoms with Crippen molar-refractivity contribution in [1.82, 2.24) is 15.0 Å². The Balaban J connectivity index is 1.13. The molecule has 0 radical (unpaired) electrons. The summed E-state index contributed by atoms with van der Waals surface area (Å²) in [5.41, 5.74) is 10.7. The van der Waals surface area contributed by atoms with Crippen molar-refractivity contribution in [3.63, 3.8) is 0 Å². The standard InChI is InChI=1S/C44H31N3/c1-44(2)39-14-8-7-13-37(39)38-24-23-34(27-40(38)44)30-15-19-31(20-16-30)41-45-42(35-21-17-28-9-3-5-11-32(28)25-35)47-43(46-41)36-22-18-29-10-4-6-12-33(29)26-36/h3-27H,1-2H3. The Bertz CT molecular complexity index is 2390. The fourth-order valence-electron chi connectivity index (χ4n) is 7.12. The number of nitrogens with zero attached hydrogens (tertiary/aromatic N) is 3. The Morgan fingerprint density at radius 3 is 1.40 bits per heavy atom. The summed E-state index contributed by atoms with van der Waals surface area (Å²) in [5.74, 6) is 1.98. The van der Waals surface area contributed by atoms with Crippen molar-refractivity contribution < 1.29 is 0 Å².